The van der Waals surface area contributed by atoms with Gasteiger partial charge in [0.15, 0.2) is 11.0 Å². The van der Waals surface area contributed by atoms with E-state index in [1.807, 2.05) is 30.3 Å². The lowest BCUT2D eigenvalue weighted by Gasteiger charge is -2.13. The first kappa shape index (κ1) is 21.5. The van der Waals surface area contributed by atoms with Gasteiger partial charge in [0.05, 0.1) is 29.9 Å². The number of fused-ring (bicyclic) bond motifs is 1. The normalized spacial score (nSPS) is 12.1. The van der Waals surface area contributed by atoms with Gasteiger partial charge in [-0.2, -0.15) is 0 Å². The number of para-hydroxylation sites is 1. The fraction of sp³-hybridized carbons (Fsp3) is 0.200. The molecule has 32 heavy (non-hydrogen) atoms. The van der Waals surface area contributed by atoms with E-state index in [1.165, 1.54) is 0 Å². The van der Waals surface area contributed by atoms with Gasteiger partial charge < -0.3 is 24.0 Å². The third kappa shape index (κ3) is 4.64. The zero-order valence-electron chi connectivity index (χ0n) is 17.5. The number of hydrogen-bond donors (Lipinski definition) is 2. The Hall–Kier alpha value is -3.68. The minimum atomic E-state index is -0.905. The highest BCUT2D eigenvalue weighted by molar-refractivity contribution is 6.05. The van der Waals surface area contributed by atoms with Crippen LogP contribution in [-0.4, -0.2) is 30.3 Å². The fourth-order valence-electron chi connectivity index (χ4n) is 3.41. The zero-order chi connectivity index (χ0) is 22.5. The van der Waals surface area contributed by atoms with Crippen LogP contribution in [0.4, 0.5) is 0 Å². The molecule has 0 aliphatic rings. The number of rotatable bonds is 8. The Morgan fingerprint density at radius 2 is 1.91 bits per heavy atom. The van der Waals surface area contributed by atoms with Gasteiger partial charge in [-0.1, -0.05) is 36.4 Å². The Morgan fingerprint density at radius 3 is 2.66 bits per heavy atom. The van der Waals surface area contributed by atoms with Crippen molar-refractivity contribution in [2.45, 2.75) is 19.6 Å². The van der Waals surface area contributed by atoms with Crippen LogP contribution in [0.15, 0.2) is 80.6 Å². The lowest BCUT2D eigenvalue weighted by molar-refractivity contribution is 0.0225. The van der Waals surface area contributed by atoms with Gasteiger partial charge in [0.25, 0.3) is 5.91 Å². The van der Waals surface area contributed by atoms with Crippen LogP contribution in [0.5, 0.6) is 0 Å². The summed E-state index contributed by atoms with van der Waals surface area (Å²) in [4.78, 5) is 25.8. The average Bonchev–Trinajstić information content (AvgIpc) is 3.33. The first-order valence-corrected chi connectivity index (χ1v) is 10.2. The first-order valence-electron chi connectivity index (χ1n) is 10.2. The quantitative estimate of drug-likeness (QED) is 0.440. The molecule has 0 fully saturated rings. The molecule has 0 unspecified atom stereocenters. The van der Waals surface area contributed by atoms with Gasteiger partial charge in [-0.3, -0.25) is 9.59 Å². The van der Waals surface area contributed by atoms with Crippen molar-refractivity contribution < 1.29 is 23.5 Å². The van der Waals surface area contributed by atoms with Crippen LogP contribution in [0.1, 0.15) is 21.7 Å². The Labute approximate surface area is 184 Å². The summed E-state index contributed by atoms with van der Waals surface area (Å²) in [7, 11) is 0. The van der Waals surface area contributed by atoms with Crippen molar-refractivity contribution >= 4 is 16.9 Å². The molecule has 2 N–H and O–H groups in total. The minimum Gasteiger partial charge on any atom is -0.467 e. The maximum absolute atomic E-state index is 12.9. The second kappa shape index (κ2) is 9.64. The summed E-state index contributed by atoms with van der Waals surface area (Å²) in [5, 5.41) is 13.1. The number of benzene rings is 2. The van der Waals surface area contributed by atoms with E-state index in [2.05, 4.69) is 5.32 Å². The molecule has 0 bridgehead atoms. The van der Waals surface area contributed by atoms with Crippen LogP contribution in [-0.2, 0) is 11.3 Å². The summed E-state index contributed by atoms with van der Waals surface area (Å²) in [5.74, 6) is 0.623. The number of aliphatic hydroxyl groups excluding tert-OH is 1. The first-order chi connectivity index (χ1) is 15.5. The van der Waals surface area contributed by atoms with Gasteiger partial charge in [-0.25, -0.2) is 0 Å². The molecule has 0 saturated carbocycles. The predicted molar refractivity (Wildman–Crippen MR) is 119 cm³/mol. The van der Waals surface area contributed by atoms with E-state index in [1.54, 1.807) is 43.5 Å². The van der Waals surface area contributed by atoms with Crippen molar-refractivity contribution in [1.82, 2.24) is 5.32 Å². The SMILES string of the molecule is Cc1c(-c2ccccc2)oc2c(C(=O)NC[C@H](O)COCc3ccco3)cccc2c1=O. The summed E-state index contributed by atoms with van der Waals surface area (Å²) in [6, 6.07) is 17.7. The third-order valence-electron chi connectivity index (χ3n) is 5.06. The molecule has 0 radical (unpaired) electrons. The molecule has 0 aliphatic heterocycles. The second-order valence-electron chi connectivity index (χ2n) is 7.39. The Bertz CT molecular complexity index is 1260. The van der Waals surface area contributed by atoms with Crippen LogP contribution in [0.2, 0.25) is 0 Å². The van der Waals surface area contributed by atoms with Gasteiger partial charge in [-0.15, -0.1) is 0 Å². The van der Waals surface area contributed by atoms with E-state index in [0.29, 0.717) is 22.5 Å². The molecule has 1 atom stereocenters. The maximum atomic E-state index is 12.9. The van der Waals surface area contributed by atoms with Crippen LogP contribution in [0.3, 0.4) is 0 Å². The molecular weight excluding hydrogens is 410 g/mol. The molecule has 4 aromatic rings. The molecule has 2 aromatic heterocycles. The van der Waals surface area contributed by atoms with E-state index in [4.69, 9.17) is 13.6 Å². The molecule has 1 amide bonds. The summed E-state index contributed by atoms with van der Waals surface area (Å²) < 4.78 is 16.6. The molecule has 7 nitrogen and oxygen atoms in total. The minimum absolute atomic E-state index is 0.0188. The largest absolute Gasteiger partial charge is 0.467 e. The average molecular weight is 433 g/mol. The third-order valence-corrected chi connectivity index (χ3v) is 5.06. The molecule has 4 rings (SSSR count). The lowest BCUT2D eigenvalue weighted by Crippen LogP contribution is -2.34. The van der Waals surface area contributed by atoms with E-state index in [0.717, 1.165) is 5.56 Å². The van der Waals surface area contributed by atoms with Crippen molar-refractivity contribution in [2.75, 3.05) is 13.2 Å². The van der Waals surface area contributed by atoms with Crippen molar-refractivity contribution in [3.63, 3.8) is 0 Å². The summed E-state index contributed by atoms with van der Waals surface area (Å²) >= 11 is 0. The molecule has 0 aliphatic carbocycles. The monoisotopic (exact) mass is 433 g/mol. The smallest absolute Gasteiger partial charge is 0.255 e. The predicted octanol–water partition coefficient (Wildman–Crippen LogP) is 3.67. The van der Waals surface area contributed by atoms with Gasteiger partial charge in [0.2, 0.25) is 0 Å². The number of aliphatic hydroxyl groups is 1. The van der Waals surface area contributed by atoms with E-state index in [-0.39, 0.29) is 36.3 Å². The van der Waals surface area contributed by atoms with Crippen LogP contribution in [0.25, 0.3) is 22.3 Å². The van der Waals surface area contributed by atoms with E-state index < -0.39 is 12.0 Å². The van der Waals surface area contributed by atoms with Crippen molar-refractivity contribution in [3.05, 3.63) is 94.0 Å². The van der Waals surface area contributed by atoms with E-state index in [9.17, 15) is 14.7 Å². The molecule has 7 heteroatoms. The number of hydrogen-bond acceptors (Lipinski definition) is 6. The molecule has 0 saturated heterocycles. The molecular formula is C25H23NO6. The molecule has 0 spiro atoms. The zero-order valence-corrected chi connectivity index (χ0v) is 17.5. The Morgan fingerprint density at radius 1 is 1.09 bits per heavy atom. The van der Waals surface area contributed by atoms with Gasteiger partial charge >= 0.3 is 0 Å². The highest BCUT2D eigenvalue weighted by atomic mass is 16.5. The lowest BCUT2D eigenvalue weighted by atomic mass is 10.0. The Balaban J connectivity index is 1.51. The summed E-state index contributed by atoms with van der Waals surface area (Å²) in [6.45, 7) is 1.95. The summed E-state index contributed by atoms with van der Waals surface area (Å²) in [5.41, 5.74) is 1.48. The summed E-state index contributed by atoms with van der Waals surface area (Å²) in [6.07, 6.45) is 0.640. The molecule has 2 heterocycles. The molecule has 164 valence electrons. The van der Waals surface area contributed by atoms with Crippen LogP contribution >= 0.6 is 0 Å². The van der Waals surface area contributed by atoms with Crippen LogP contribution < -0.4 is 10.7 Å². The van der Waals surface area contributed by atoms with E-state index >= 15 is 0 Å². The number of nitrogens with one attached hydrogen (secondary N) is 1. The number of amides is 1. The topological polar surface area (TPSA) is 102 Å². The highest BCUT2D eigenvalue weighted by Gasteiger charge is 2.19. The number of carbonyl (C=O) groups excluding carboxylic acids is 1. The molecule has 2 aromatic carbocycles. The highest BCUT2D eigenvalue weighted by Crippen LogP contribution is 2.27. The van der Waals surface area contributed by atoms with Gasteiger partial charge in [-0.05, 0) is 31.2 Å². The number of carbonyl (C=O) groups is 1. The fourth-order valence-corrected chi connectivity index (χ4v) is 3.41. The van der Waals surface area contributed by atoms with Gasteiger partial charge in [0.1, 0.15) is 18.1 Å². The van der Waals surface area contributed by atoms with Crippen molar-refractivity contribution in [1.29, 1.82) is 0 Å². The van der Waals surface area contributed by atoms with Crippen molar-refractivity contribution in [3.8, 4) is 11.3 Å². The number of ether oxygens (including phenoxy) is 1. The second-order valence-corrected chi connectivity index (χ2v) is 7.39. The van der Waals surface area contributed by atoms with Crippen LogP contribution in [0, 0.1) is 6.92 Å². The van der Waals surface area contributed by atoms with Gasteiger partial charge in [0, 0.05) is 17.7 Å². The maximum Gasteiger partial charge on any atom is 0.255 e. The van der Waals surface area contributed by atoms with Crippen molar-refractivity contribution in [2.24, 2.45) is 0 Å². The standard InChI is InChI=1S/C25H23NO6/c1-16-22(28)20-10-5-11-21(24(20)32-23(16)17-7-3-2-4-8-17)25(29)26-13-18(27)14-30-15-19-9-6-12-31-19/h2-12,18,27H,13-15H2,1H3,(H,26,29)/t18-/m0/s1. The Kier molecular flexibility index (Phi) is 6.49. The number of furan rings is 1.